The number of halogens is 1. The molecule has 21 heavy (non-hydrogen) atoms. The topological polar surface area (TPSA) is 29.5 Å². The van der Waals surface area contributed by atoms with Gasteiger partial charge in [0.25, 0.3) is 5.91 Å². The van der Waals surface area contributed by atoms with E-state index >= 15 is 0 Å². The number of thioether (sulfide) groups is 1. The summed E-state index contributed by atoms with van der Waals surface area (Å²) >= 11 is 6.47. The van der Waals surface area contributed by atoms with Gasteiger partial charge in [-0.05, 0) is 25.0 Å². The maximum Gasteiger partial charge on any atom is 0.266 e. The van der Waals surface area contributed by atoms with Crippen molar-refractivity contribution in [2.45, 2.75) is 18.9 Å². The first-order valence-electron chi connectivity index (χ1n) is 6.76. The van der Waals surface area contributed by atoms with Crippen LogP contribution in [0.25, 0.3) is 6.08 Å². The Morgan fingerprint density at radius 1 is 1.48 bits per heavy atom. The highest BCUT2D eigenvalue weighted by Gasteiger charge is 2.34. The van der Waals surface area contributed by atoms with E-state index < -0.39 is 0 Å². The summed E-state index contributed by atoms with van der Waals surface area (Å²) in [6.07, 6.45) is 3.58. The van der Waals surface area contributed by atoms with E-state index in [1.54, 1.807) is 29.2 Å². The van der Waals surface area contributed by atoms with Crippen molar-refractivity contribution >= 4 is 40.3 Å². The van der Waals surface area contributed by atoms with E-state index in [4.69, 9.17) is 17.0 Å². The lowest BCUT2D eigenvalue weighted by atomic mass is 10.2. The molecule has 1 aromatic carbocycles. The zero-order valence-electron chi connectivity index (χ0n) is 11.3. The smallest absolute Gasteiger partial charge is 0.266 e. The fraction of sp³-hybridized carbons (Fsp3) is 0.333. The summed E-state index contributed by atoms with van der Waals surface area (Å²) in [5, 5.41) is 0. The SMILES string of the molecule is O=C1/C(=C/c2ccccc2F)SC(=S)N1C[C@@H]1CCCO1. The number of hydrogen-bond acceptors (Lipinski definition) is 4. The Bertz CT molecular complexity index is 611. The van der Waals surface area contributed by atoms with Gasteiger partial charge in [-0.25, -0.2) is 4.39 Å². The van der Waals surface area contributed by atoms with Crippen LogP contribution in [-0.4, -0.2) is 34.4 Å². The maximum atomic E-state index is 13.7. The van der Waals surface area contributed by atoms with Crippen LogP contribution in [0, 0.1) is 5.82 Å². The average Bonchev–Trinajstić information content (AvgIpc) is 3.06. The molecule has 1 amide bonds. The van der Waals surface area contributed by atoms with Crippen LogP contribution < -0.4 is 0 Å². The molecule has 2 aliphatic heterocycles. The summed E-state index contributed by atoms with van der Waals surface area (Å²) < 4.78 is 19.7. The molecular formula is C15H14FNO2S2. The molecule has 0 aromatic heterocycles. The van der Waals surface area contributed by atoms with Crippen molar-refractivity contribution in [3.8, 4) is 0 Å². The number of carbonyl (C=O) groups is 1. The molecule has 0 aliphatic carbocycles. The molecule has 110 valence electrons. The van der Waals surface area contributed by atoms with Crippen LogP contribution in [0.5, 0.6) is 0 Å². The molecule has 0 unspecified atom stereocenters. The van der Waals surface area contributed by atoms with Gasteiger partial charge in [-0.3, -0.25) is 9.69 Å². The third-order valence-electron chi connectivity index (χ3n) is 3.48. The van der Waals surface area contributed by atoms with Crippen LogP contribution in [0.4, 0.5) is 4.39 Å². The molecule has 2 heterocycles. The van der Waals surface area contributed by atoms with Crippen LogP contribution in [0.1, 0.15) is 18.4 Å². The minimum Gasteiger partial charge on any atom is -0.376 e. The third kappa shape index (κ3) is 3.17. The van der Waals surface area contributed by atoms with Crippen LogP contribution in [0.15, 0.2) is 29.2 Å². The molecule has 3 rings (SSSR count). The maximum absolute atomic E-state index is 13.7. The van der Waals surface area contributed by atoms with Crippen molar-refractivity contribution < 1.29 is 13.9 Å². The van der Waals surface area contributed by atoms with Gasteiger partial charge >= 0.3 is 0 Å². The van der Waals surface area contributed by atoms with Crippen LogP contribution in [0.2, 0.25) is 0 Å². The van der Waals surface area contributed by atoms with E-state index in [0.29, 0.717) is 21.3 Å². The lowest BCUT2D eigenvalue weighted by Crippen LogP contribution is -2.35. The van der Waals surface area contributed by atoms with E-state index in [2.05, 4.69) is 0 Å². The average molecular weight is 323 g/mol. The number of benzene rings is 1. The van der Waals surface area contributed by atoms with Crippen molar-refractivity contribution in [2.75, 3.05) is 13.2 Å². The van der Waals surface area contributed by atoms with E-state index in [0.717, 1.165) is 19.4 Å². The van der Waals surface area contributed by atoms with E-state index in [1.807, 2.05) is 0 Å². The standard InChI is InChI=1S/C15H14FNO2S2/c16-12-6-2-1-4-10(12)8-13-14(18)17(15(20)21-13)9-11-5-3-7-19-11/h1-2,4,6,8,11H,3,5,7,9H2/b13-8-/t11-/m0/s1. The van der Waals surface area contributed by atoms with Gasteiger partial charge in [-0.15, -0.1) is 0 Å². The second-order valence-corrected chi connectivity index (χ2v) is 6.62. The number of carbonyl (C=O) groups excluding carboxylic acids is 1. The van der Waals surface area contributed by atoms with Crippen LogP contribution in [0.3, 0.4) is 0 Å². The second-order valence-electron chi connectivity index (χ2n) is 4.95. The van der Waals surface area contributed by atoms with E-state index in [-0.39, 0.29) is 17.8 Å². The van der Waals surface area contributed by atoms with Crippen molar-refractivity contribution in [1.29, 1.82) is 0 Å². The highest BCUT2D eigenvalue weighted by atomic mass is 32.2. The Labute approximate surface area is 132 Å². The number of hydrogen-bond donors (Lipinski definition) is 0. The monoisotopic (exact) mass is 323 g/mol. The minimum absolute atomic E-state index is 0.0558. The van der Waals surface area contributed by atoms with Crippen molar-refractivity contribution in [3.05, 3.63) is 40.6 Å². The summed E-state index contributed by atoms with van der Waals surface area (Å²) in [5.74, 6) is -0.509. The predicted molar refractivity (Wildman–Crippen MR) is 85.3 cm³/mol. The van der Waals surface area contributed by atoms with Crippen LogP contribution in [-0.2, 0) is 9.53 Å². The van der Waals surface area contributed by atoms with Crippen molar-refractivity contribution in [2.24, 2.45) is 0 Å². The molecule has 0 radical (unpaired) electrons. The molecular weight excluding hydrogens is 309 g/mol. The number of nitrogens with zero attached hydrogens (tertiary/aromatic N) is 1. The summed E-state index contributed by atoms with van der Waals surface area (Å²) in [4.78, 5) is 14.4. The Hall–Kier alpha value is -1.24. The van der Waals surface area contributed by atoms with E-state index in [1.165, 1.54) is 17.8 Å². The van der Waals surface area contributed by atoms with Crippen LogP contribution >= 0.6 is 24.0 Å². The Morgan fingerprint density at radius 2 is 2.29 bits per heavy atom. The van der Waals surface area contributed by atoms with E-state index in [9.17, 15) is 9.18 Å². The molecule has 1 atom stereocenters. The van der Waals surface area contributed by atoms with Crippen molar-refractivity contribution in [3.63, 3.8) is 0 Å². The Morgan fingerprint density at radius 3 is 3.00 bits per heavy atom. The highest BCUT2D eigenvalue weighted by Crippen LogP contribution is 2.33. The molecule has 3 nitrogen and oxygen atoms in total. The summed E-state index contributed by atoms with van der Waals surface area (Å²) in [7, 11) is 0. The molecule has 2 saturated heterocycles. The molecule has 2 aliphatic rings. The predicted octanol–water partition coefficient (Wildman–Crippen LogP) is 3.21. The van der Waals surface area contributed by atoms with Gasteiger partial charge in [0.15, 0.2) is 0 Å². The first-order valence-corrected chi connectivity index (χ1v) is 7.99. The fourth-order valence-corrected chi connectivity index (χ4v) is 3.65. The third-order valence-corrected chi connectivity index (χ3v) is 4.85. The Balaban J connectivity index is 1.78. The summed E-state index contributed by atoms with van der Waals surface area (Å²) in [5.41, 5.74) is 0.398. The number of amides is 1. The highest BCUT2D eigenvalue weighted by molar-refractivity contribution is 8.26. The number of ether oxygens (including phenoxy) is 1. The molecule has 6 heteroatoms. The lowest BCUT2D eigenvalue weighted by molar-refractivity contribution is -0.123. The van der Waals surface area contributed by atoms with Gasteiger partial charge < -0.3 is 4.74 Å². The van der Waals surface area contributed by atoms with Gasteiger partial charge in [0.1, 0.15) is 10.1 Å². The van der Waals surface area contributed by atoms with Gasteiger partial charge in [-0.1, -0.05) is 42.2 Å². The number of rotatable bonds is 3. The summed E-state index contributed by atoms with van der Waals surface area (Å²) in [6, 6.07) is 6.37. The fourth-order valence-electron chi connectivity index (χ4n) is 2.38. The minimum atomic E-state index is -0.345. The molecule has 0 N–H and O–H groups in total. The zero-order chi connectivity index (χ0) is 14.8. The van der Waals surface area contributed by atoms with Crippen molar-refractivity contribution in [1.82, 2.24) is 4.90 Å². The number of thiocarbonyl (C=S) groups is 1. The molecule has 0 saturated carbocycles. The molecule has 0 bridgehead atoms. The van der Waals surface area contributed by atoms with Gasteiger partial charge in [0, 0.05) is 12.2 Å². The first-order chi connectivity index (χ1) is 10.1. The Kier molecular flexibility index (Phi) is 4.37. The molecule has 0 spiro atoms. The molecule has 1 aromatic rings. The lowest BCUT2D eigenvalue weighted by Gasteiger charge is -2.18. The first kappa shape index (κ1) is 14.7. The van der Waals surface area contributed by atoms with Gasteiger partial charge in [-0.2, -0.15) is 0 Å². The largest absolute Gasteiger partial charge is 0.376 e. The second kappa shape index (κ2) is 6.25. The van der Waals surface area contributed by atoms with Gasteiger partial charge in [0.2, 0.25) is 0 Å². The summed E-state index contributed by atoms with van der Waals surface area (Å²) in [6.45, 7) is 1.23. The quantitative estimate of drug-likeness (QED) is 0.631. The van der Waals surface area contributed by atoms with Gasteiger partial charge in [0.05, 0.1) is 17.6 Å². The normalized spacial score (nSPS) is 24.3. The zero-order valence-corrected chi connectivity index (χ0v) is 12.9. The molecule has 2 fully saturated rings.